The van der Waals surface area contributed by atoms with Crippen LogP contribution in [0, 0.1) is 13.8 Å². The van der Waals surface area contributed by atoms with Crippen LogP contribution < -0.4 is 0 Å². The van der Waals surface area contributed by atoms with Gasteiger partial charge in [-0.05, 0) is 34.7 Å². The molecule has 0 unspecified atom stereocenters. The maximum Gasteiger partial charge on any atom is 0.246 e. The highest BCUT2D eigenvalue weighted by molar-refractivity contribution is 7.89. The van der Waals surface area contributed by atoms with Gasteiger partial charge in [-0.3, -0.25) is 9.58 Å². The van der Waals surface area contributed by atoms with Gasteiger partial charge in [0.2, 0.25) is 10.0 Å². The van der Waals surface area contributed by atoms with Crippen LogP contribution in [0.15, 0.2) is 4.90 Å². The van der Waals surface area contributed by atoms with E-state index in [0.29, 0.717) is 29.4 Å². The molecule has 1 fully saturated rings. The van der Waals surface area contributed by atoms with Crippen molar-refractivity contribution in [1.82, 2.24) is 19.0 Å². The number of likely N-dealkylation sites (N-methyl/N-ethyl adjacent to an activating group) is 1. The fourth-order valence-electron chi connectivity index (χ4n) is 2.66. The number of aromatic nitrogens is 2. The number of aryl methyl sites for hydroxylation is 2. The molecule has 0 bridgehead atoms. The number of rotatable bonds is 2. The minimum Gasteiger partial charge on any atom is -0.299 e. The summed E-state index contributed by atoms with van der Waals surface area (Å²) in [5.74, 6) is 0. The summed E-state index contributed by atoms with van der Waals surface area (Å²) in [4.78, 5) is 2.56. The lowest BCUT2D eigenvalue weighted by Crippen LogP contribution is -2.58. The number of hydrogen-bond donors (Lipinski definition) is 0. The molecule has 114 valence electrons. The van der Waals surface area contributed by atoms with Crippen molar-refractivity contribution in [2.24, 2.45) is 7.05 Å². The zero-order valence-corrected chi connectivity index (χ0v) is 14.0. The van der Waals surface area contributed by atoms with Crippen LogP contribution in [-0.4, -0.2) is 59.6 Å². The summed E-state index contributed by atoms with van der Waals surface area (Å²) < 4.78 is 29.0. The van der Waals surface area contributed by atoms with E-state index in [1.807, 2.05) is 7.05 Å². The summed E-state index contributed by atoms with van der Waals surface area (Å²) in [6.07, 6.45) is 0. The largest absolute Gasteiger partial charge is 0.299 e. The second-order valence-electron chi connectivity index (χ2n) is 6.20. The van der Waals surface area contributed by atoms with E-state index in [9.17, 15) is 8.42 Å². The molecule has 1 aromatic heterocycles. The highest BCUT2D eigenvalue weighted by Crippen LogP contribution is 2.27. The lowest BCUT2D eigenvalue weighted by Gasteiger charge is -2.44. The van der Waals surface area contributed by atoms with E-state index in [1.165, 1.54) is 0 Å². The molecular formula is C13H24N4O2S. The van der Waals surface area contributed by atoms with Gasteiger partial charge < -0.3 is 0 Å². The molecule has 0 aromatic carbocycles. The van der Waals surface area contributed by atoms with Crippen LogP contribution in [-0.2, 0) is 17.1 Å². The van der Waals surface area contributed by atoms with Gasteiger partial charge in [-0.2, -0.15) is 9.40 Å². The Morgan fingerprint density at radius 3 is 2.20 bits per heavy atom. The van der Waals surface area contributed by atoms with Crippen molar-refractivity contribution >= 4 is 10.0 Å². The Labute approximate surface area is 121 Å². The topological polar surface area (TPSA) is 58.4 Å². The molecule has 2 rings (SSSR count). The van der Waals surface area contributed by atoms with Gasteiger partial charge in [0.05, 0.1) is 11.4 Å². The maximum absolute atomic E-state index is 12.9. The Bertz CT molecular complexity index is 619. The third-order valence-corrected chi connectivity index (χ3v) is 6.42. The summed E-state index contributed by atoms with van der Waals surface area (Å²) in [6, 6.07) is 0. The molecule has 6 nitrogen and oxygen atoms in total. The van der Waals surface area contributed by atoms with Crippen molar-refractivity contribution in [3.63, 3.8) is 0 Å². The molecule has 20 heavy (non-hydrogen) atoms. The number of hydrogen-bond acceptors (Lipinski definition) is 4. The fraction of sp³-hybridized carbons (Fsp3) is 0.769. The summed E-state index contributed by atoms with van der Waals surface area (Å²) in [5.41, 5.74) is 1.11. The first-order chi connectivity index (χ1) is 9.07. The molecule has 0 amide bonds. The van der Waals surface area contributed by atoms with Crippen LogP contribution in [0.4, 0.5) is 0 Å². The SMILES string of the molecule is Cc1nn(C)c(C)c1S(=O)(=O)N1CCN(C)C(C)(C)C1. The summed E-state index contributed by atoms with van der Waals surface area (Å²) in [7, 11) is 0.332. The Morgan fingerprint density at radius 1 is 1.15 bits per heavy atom. The van der Waals surface area contributed by atoms with Crippen LogP contribution in [0.25, 0.3) is 0 Å². The monoisotopic (exact) mass is 300 g/mol. The fourth-order valence-corrected chi connectivity index (χ4v) is 4.64. The normalized spacial score (nSPS) is 21.3. The van der Waals surface area contributed by atoms with Crippen molar-refractivity contribution < 1.29 is 8.42 Å². The smallest absolute Gasteiger partial charge is 0.246 e. The van der Waals surface area contributed by atoms with Gasteiger partial charge in [-0.25, -0.2) is 8.42 Å². The molecule has 0 N–H and O–H groups in total. The van der Waals surface area contributed by atoms with Crippen molar-refractivity contribution in [2.45, 2.75) is 38.1 Å². The van der Waals surface area contributed by atoms with Crippen LogP contribution in [0.5, 0.6) is 0 Å². The van der Waals surface area contributed by atoms with E-state index in [2.05, 4.69) is 23.8 Å². The second kappa shape index (κ2) is 4.82. The molecule has 1 aliphatic heterocycles. The van der Waals surface area contributed by atoms with Crippen molar-refractivity contribution in [3.8, 4) is 0 Å². The molecule has 0 radical (unpaired) electrons. The molecule has 0 saturated carbocycles. The van der Waals surface area contributed by atoms with Crippen LogP contribution in [0.2, 0.25) is 0 Å². The Kier molecular flexibility index (Phi) is 3.73. The highest BCUT2D eigenvalue weighted by atomic mass is 32.2. The highest BCUT2D eigenvalue weighted by Gasteiger charge is 2.39. The Balaban J connectivity index is 2.41. The minimum atomic E-state index is -3.47. The Hall–Kier alpha value is -0.920. The predicted octanol–water partition coefficient (Wildman–Crippen LogP) is 0.752. The second-order valence-corrected chi connectivity index (χ2v) is 8.07. The molecule has 0 aliphatic carbocycles. The van der Waals surface area contributed by atoms with E-state index >= 15 is 0 Å². The quantitative estimate of drug-likeness (QED) is 0.809. The molecule has 0 atom stereocenters. The Morgan fingerprint density at radius 2 is 1.75 bits per heavy atom. The standard InChI is InChI=1S/C13H24N4O2S/c1-10-12(11(2)16(6)14-10)20(18,19)17-8-7-15(5)13(3,4)9-17/h7-9H2,1-6H3. The van der Waals surface area contributed by atoms with E-state index < -0.39 is 10.0 Å². The zero-order valence-electron chi connectivity index (χ0n) is 13.1. The first kappa shape index (κ1) is 15.5. The van der Waals surface area contributed by atoms with Gasteiger partial charge in [0.15, 0.2) is 0 Å². The molecule has 2 heterocycles. The van der Waals surface area contributed by atoms with Gasteiger partial charge >= 0.3 is 0 Å². The average Bonchev–Trinajstić information content (AvgIpc) is 2.57. The molecule has 7 heteroatoms. The maximum atomic E-state index is 12.9. The van der Waals surface area contributed by atoms with Crippen LogP contribution in [0.1, 0.15) is 25.2 Å². The third-order valence-electron chi connectivity index (χ3n) is 4.32. The van der Waals surface area contributed by atoms with Crippen molar-refractivity contribution in [3.05, 3.63) is 11.4 Å². The van der Waals surface area contributed by atoms with Crippen LogP contribution >= 0.6 is 0 Å². The van der Waals surface area contributed by atoms with E-state index in [0.717, 1.165) is 6.54 Å². The van der Waals surface area contributed by atoms with Gasteiger partial charge in [-0.1, -0.05) is 0 Å². The minimum absolute atomic E-state index is 0.157. The molecule has 1 aliphatic rings. The molecule has 0 spiro atoms. The molecule has 1 aromatic rings. The van der Waals surface area contributed by atoms with Gasteiger partial charge in [-0.15, -0.1) is 0 Å². The van der Waals surface area contributed by atoms with Crippen molar-refractivity contribution in [2.75, 3.05) is 26.7 Å². The lowest BCUT2D eigenvalue weighted by atomic mass is 10.0. The summed E-state index contributed by atoms with van der Waals surface area (Å²) in [6.45, 7) is 9.45. The van der Waals surface area contributed by atoms with Gasteiger partial charge in [0.25, 0.3) is 0 Å². The van der Waals surface area contributed by atoms with Gasteiger partial charge in [0, 0.05) is 32.2 Å². The van der Waals surface area contributed by atoms with Crippen LogP contribution in [0.3, 0.4) is 0 Å². The van der Waals surface area contributed by atoms with E-state index in [-0.39, 0.29) is 5.54 Å². The average molecular weight is 300 g/mol. The number of nitrogens with zero attached hydrogens (tertiary/aromatic N) is 4. The predicted molar refractivity (Wildman–Crippen MR) is 78.1 cm³/mol. The van der Waals surface area contributed by atoms with Gasteiger partial charge in [0.1, 0.15) is 4.90 Å². The summed E-state index contributed by atoms with van der Waals surface area (Å²) in [5, 5.41) is 4.22. The third kappa shape index (κ3) is 2.38. The zero-order chi connectivity index (χ0) is 15.3. The first-order valence-electron chi connectivity index (χ1n) is 6.79. The molecular weight excluding hydrogens is 276 g/mol. The number of piperazine rings is 1. The van der Waals surface area contributed by atoms with E-state index in [1.54, 1.807) is 29.9 Å². The summed E-state index contributed by atoms with van der Waals surface area (Å²) >= 11 is 0. The van der Waals surface area contributed by atoms with Crippen molar-refractivity contribution in [1.29, 1.82) is 0 Å². The first-order valence-corrected chi connectivity index (χ1v) is 8.23. The number of sulfonamides is 1. The molecule has 1 saturated heterocycles. The van der Waals surface area contributed by atoms with E-state index in [4.69, 9.17) is 0 Å². The lowest BCUT2D eigenvalue weighted by molar-refractivity contribution is 0.0801.